The van der Waals surface area contributed by atoms with Crippen LogP contribution in [-0.2, 0) is 6.42 Å². The van der Waals surface area contributed by atoms with E-state index in [-0.39, 0.29) is 12.4 Å². The Hall–Kier alpha value is -0.540. The molecule has 12 heavy (non-hydrogen) atoms. The van der Waals surface area contributed by atoms with E-state index in [9.17, 15) is 5.11 Å². The Morgan fingerprint density at radius 3 is 2.67 bits per heavy atom. The standard InChI is InChI=1S/C9H11BrO2/c1-6-2-3-7(4-5-11)8(10)9(6)12/h2-3,11-12H,4-5H2,1H3. The lowest BCUT2D eigenvalue weighted by molar-refractivity contribution is 0.299. The van der Waals surface area contributed by atoms with Crippen LogP contribution >= 0.6 is 15.9 Å². The highest BCUT2D eigenvalue weighted by Gasteiger charge is 2.06. The Morgan fingerprint density at radius 1 is 1.42 bits per heavy atom. The van der Waals surface area contributed by atoms with Crippen LogP contribution in [0.15, 0.2) is 16.6 Å². The van der Waals surface area contributed by atoms with Crippen molar-refractivity contribution in [3.8, 4) is 5.75 Å². The topological polar surface area (TPSA) is 40.5 Å². The molecule has 0 fully saturated rings. The molecule has 0 aliphatic rings. The second-order valence-corrected chi connectivity index (χ2v) is 3.47. The molecular formula is C9H11BrO2. The van der Waals surface area contributed by atoms with Crippen LogP contribution in [-0.4, -0.2) is 16.8 Å². The summed E-state index contributed by atoms with van der Waals surface area (Å²) in [6.07, 6.45) is 0.564. The van der Waals surface area contributed by atoms with Gasteiger partial charge in [0.25, 0.3) is 0 Å². The molecule has 0 radical (unpaired) electrons. The van der Waals surface area contributed by atoms with Gasteiger partial charge in [0.2, 0.25) is 0 Å². The summed E-state index contributed by atoms with van der Waals surface area (Å²) in [4.78, 5) is 0. The average Bonchev–Trinajstić information content (AvgIpc) is 2.07. The molecule has 66 valence electrons. The number of aryl methyl sites for hydroxylation is 1. The minimum atomic E-state index is 0.0983. The van der Waals surface area contributed by atoms with E-state index < -0.39 is 0 Å². The molecule has 2 nitrogen and oxygen atoms in total. The van der Waals surface area contributed by atoms with Gasteiger partial charge in [-0.15, -0.1) is 0 Å². The van der Waals surface area contributed by atoms with Crippen molar-refractivity contribution in [2.75, 3.05) is 6.61 Å². The van der Waals surface area contributed by atoms with Crippen molar-refractivity contribution in [2.24, 2.45) is 0 Å². The molecular weight excluding hydrogens is 220 g/mol. The zero-order chi connectivity index (χ0) is 9.14. The van der Waals surface area contributed by atoms with Crippen LogP contribution in [0.5, 0.6) is 5.75 Å². The van der Waals surface area contributed by atoms with E-state index in [0.29, 0.717) is 10.9 Å². The number of aromatic hydroxyl groups is 1. The molecule has 1 aromatic rings. The first-order chi connectivity index (χ1) is 5.66. The third-order valence-electron chi connectivity index (χ3n) is 1.78. The Labute approximate surface area is 80.0 Å². The number of aliphatic hydroxyl groups excluding tert-OH is 1. The number of phenolic OH excluding ortho intramolecular Hbond substituents is 1. The third-order valence-corrected chi connectivity index (χ3v) is 2.66. The van der Waals surface area contributed by atoms with Gasteiger partial charge in [0.1, 0.15) is 5.75 Å². The molecule has 0 spiro atoms. The molecule has 2 N–H and O–H groups in total. The quantitative estimate of drug-likeness (QED) is 0.817. The van der Waals surface area contributed by atoms with Crippen LogP contribution in [0.3, 0.4) is 0 Å². The molecule has 0 atom stereocenters. The van der Waals surface area contributed by atoms with Crippen molar-refractivity contribution in [3.05, 3.63) is 27.7 Å². The van der Waals surface area contributed by atoms with E-state index in [0.717, 1.165) is 11.1 Å². The molecule has 1 rings (SSSR count). The summed E-state index contributed by atoms with van der Waals surface area (Å²) in [6.45, 7) is 1.93. The molecule has 0 saturated carbocycles. The van der Waals surface area contributed by atoms with E-state index in [1.165, 1.54) is 0 Å². The number of hydrogen-bond donors (Lipinski definition) is 2. The number of rotatable bonds is 2. The van der Waals surface area contributed by atoms with Crippen LogP contribution < -0.4 is 0 Å². The molecule has 1 aromatic carbocycles. The lowest BCUT2D eigenvalue weighted by atomic mass is 10.1. The summed E-state index contributed by atoms with van der Waals surface area (Å²) < 4.78 is 0.691. The largest absolute Gasteiger partial charge is 0.506 e. The van der Waals surface area contributed by atoms with Crippen LogP contribution in [0.2, 0.25) is 0 Å². The van der Waals surface area contributed by atoms with Crippen LogP contribution in [0, 0.1) is 6.92 Å². The van der Waals surface area contributed by atoms with Crippen molar-refractivity contribution in [1.29, 1.82) is 0 Å². The third kappa shape index (κ3) is 1.79. The van der Waals surface area contributed by atoms with Gasteiger partial charge in [-0.25, -0.2) is 0 Å². The van der Waals surface area contributed by atoms with Gasteiger partial charge in [-0.2, -0.15) is 0 Å². The number of hydrogen-bond acceptors (Lipinski definition) is 2. The molecule has 0 bridgehead atoms. The second kappa shape index (κ2) is 3.92. The smallest absolute Gasteiger partial charge is 0.132 e. The summed E-state index contributed by atoms with van der Waals surface area (Å²) in [5.74, 6) is 0.265. The number of benzene rings is 1. The van der Waals surface area contributed by atoms with Gasteiger partial charge in [0.05, 0.1) is 4.47 Å². The monoisotopic (exact) mass is 230 g/mol. The minimum absolute atomic E-state index is 0.0983. The van der Waals surface area contributed by atoms with Crippen molar-refractivity contribution in [2.45, 2.75) is 13.3 Å². The van der Waals surface area contributed by atoms with Crippen molar-refractivity contribution in [3.63, 3.8) is 0 Å². The van der Waals surface area contributed by atoms with E-state index in [2.05, 4.69) is 15.9 Å². The molecule has 0 unspecified atom stereocenters. The normalized spacial score (nSPS) is 10.2. The number of phenols is 1. The van der Waals surface area contributed by atoms with Gasteiger partial charge in [-0.3, -0.25) is 0 Å². The van der Waals surface area contributed by atoms with E-state index in [4.69, 9.17) is 5.11 Å². The Bertz CT molecular complexity index is 284. The predicted octanol–water partition coefficient (Wildman–Crippen LogP) is 2.00. The molecule has 0 saturated heterocycles. The fourth-order valence-corrected chi connectivity index (χ4v) is 1.66. The van der Waals surface area contributed by atoms with Gasteiger partial charge < -0.3 is 10.2 Å². The van der Waals surface area contributed by atoms with Gasteiger partial charge in [-0.05, 0) is 40.4 Å². The highest BCUT2D eigenvalue weighted by atomic mass is 79.9. The van der Waals surface area contributed by atoms with Crippen LogP contribution in [0.1, 0.15) is 11.1 Å². The zero-order valence-electron chi connectivity index (χ0n) is 6.84. The summed E-state index contributed by atoms with van der Waals surface area (Å²) in [6, 6.07) is 3.74. The Morgan fingerprint density at radius 2 is 2.08 bits per heavy atom. The Balaban J connectivity index is 3.08. The molecule has 3 heteroatoms. The molecule has 0 amide bonds. The zero-order valence-corrected chi connectivity index (χ0v) is 8.43. The van der Waals surface area contributed by atoms with Gasteiger partial charge >= 0.3 is 0 Å². The summed E-state index contributed by atoms with van der Waals surface area (Å²) in [5, 5.41) is 18.2. The maximum Gasteiger partial charge on any atom is 0.132 e. The minimum Gasteiger partial charge on any atom is -0.506 e. The molecule has 0 aromatic heterocycles. The SMILES string of the molecule is Cc1ccc(CCO)c(Br)c1O. The fourth-order valence-electron chi connectivity index (χ4n) is 1.02. The van der Waals surface area contributed by atoms with Gasteiger partial charge in [0, 0.05) is 6.61 Å². The van der Waals surface area contributed by atoms with Crippen LogP contribution in [0.4, 0.5) is 0 Å². The van der Waals surface area contributed by atoms with E-state index >= 15 is 0 Å². The van der Waals surface area contributed by atoms with Gasteiger partial charge in [-0.1, -0.05) is 12.1 Å². The molecule has 0 aliphatic carbocycles. The van der Waals surface area contributed by atoms with Crippen molar-refractivity contribution < 1.29 is 10.2 Å². The highest BCUT2D eigenvalue weighted by Crippen LogP contribution is 2.30. The lowest BCUT2D eigenvalue weighted by Gasteiger charge is -2.06. The first-order valence-electron chi connectivity index (χ1n) is 3.74. The van der Waals surface area contributed by atoms with E-state index in [1.54, 1.807) is 0 Å². The molecule has 0 heterocycles. The summed E-state index contributed by atoms with van der Waals surface area (Å²) >= 11 is 3.27. The lowest BCUT2D eigenvalue weighted by Crippen LogP contribution is -1.92. The Kier molecular flexibility index (Phi) is 3.12. The summed E-state index contributed by atoms with van der Waals surface area (Å²) in [5.41, 5.74) is 1.77. The van der Waals surface area contributed by atoms with Crippen molar-refractivity contribution >= 4 is 15.9 Å². The first-order valence-corrected chi connectivity index (χ1v) is 4.54. The average molecular weight is 231 g/mol. The number of aliphatic hydroxyl groups is 1. The first kappa shape index (κ1) is 9.55. The van der Waals surface area contributed by atoms with Crippen molar-refractivity contribution in [1.82, 2.24) is 0 Å². The fraction of sp³-hybridized carbons (Fsp3) is 0.333. The highest BCUT2D eigenvalue weighted by molar-refractivity contribution is 9.10. The van der Waals surface area contributed by atoms with Gasteiger partial charge in [0.15, 0.2) is 0 Å². The van der Waals surface area contributed by atoms with E-state index in [1.807, 2.05) is 19.1 Å². The maximum atomic E-state index is 9.49. The maximum absolute atomic E-state index is 9.49. The molecule has 0 aliphatic heterocycles. The number of halogens is 1. The summed E-state index contributed by atoms with van der Waals surface area (Å²) in [7, 11) is 0. The predicted molar refractivity (Wildman–Crippen MR) is 51.3 cm³/mol. The second-order valence-electron chi connectivity index (χ2n) is 2.68. The van der Waals surface area contributed by atoms with Crippen LogP contribution in [0.25, 0.3) is 0 Å².